The highest BCUT2D eigenvalue weighted by Gasteiger charge is 2.07. The quantitative estimate of drug-likeness (QED) is 0.891. The van der Waals surface area contributed by atoms with E-state index in [1.807, 2.05) is 6.92 Å². The lowest BCUT2D eigenvalue weighted by Crippen LogP contribution is -2.19. The zero-order valence-corrected chi connectivity index (χ0v) is 10.6. The maximum atomic E-state index is 5.82. The summed E-state index contributed by atoms with van der Waals surface area (Å²) in [6.07, 6.45) is 0.919. The minimum absolute atomic E-state index is 0.205. The molecule has 0 saturated heterocycles. The molecule has 0 amide bonds. The maximum absolute atomic E-state index is 5.82. The van der Waals surface area contributed by atoms with Crippen LogP contribution in [-0.4, -0.2) is 10.6 Å². The molecule has 2 nitrogen and oxygen atoms in total. The molecule has 2 rings (SSSR count). The van der Waals surface area contributed by atoms with Crippen LogP contribution in [0.2, 0.25) is 0 Å². The van der Waals surface area contributed by atoms with Gasteiger partial charge in [0.25, 0.3) is 0 Å². The van der Waals surface area contributed by atoms with Gasteiger partial charge in [-0.3, -0.25) is 0 Å². The van der Waals surface area contributed by atoms with E-state index in [1.165, 1.54) is 16.6 Å². The lowest BCUT2D eigenvalue weighted by Gasteiger charge is -2.06. The van der Waals surface area contributed by atoms with E-state index in [1.54, 1.807) is 0 Å². The second-order valence-electron chi connectivity index (χ2n) is 4.08. The number of halogens is 1. The summed E-state index contributed by atoms with van der Waals surface area (Å²) in [5.74, 6) is 0. The number of aromatic nitrogens is 1. The van der Waals surface area contributed by atoms with Gasteiger partial charge in [-0.1, -0.05) is 22.0 Å². The molecule has 1 unspecified atom stereocenters. The van der Waals surface area contributed by atoms with Crippen molar-refractivity contribution >= 4 is 26.8 Å². The van der Waals surface area contributed by atoms with Gasteiger partial charge in [-0.15, -0.1) is 0 Å². The van der Waals surface area contributed by atoms with Gasteiger partial charge in [0, 0.05) is 35.2 Å². The number of hydrogen-bond acceptors (Lipinski definition) is 1. The summed E-state index contributed by atoms with van der Waals surface area (Å²) in [7, 11) is 2.09. The number of hydrogen-bond donors (Lipinski definition) is 1. The summed E-state index contributed by atoms with van der Waals surface area (Å²) in [5, 5.41) is 1.27. The van der Waals surface area contributed by atoms with Crippen molar-refractivity contribution in [1.29, 1.82) is 0 Å². The molecule has 15 heavy (non-hydrogen) atoms. The van der Waals surface area contributed by atoms with Gasteiger partial charge in [-0.25, -0.2) is 0 Å². The van der Waals surface area contributed by atoms with Crippen molar-refractivity contribution in [2.45, 2.75) is 19.4 Å². The molecule has 0 aliphatic rings. The van der Waals surface area contributed by atoms with Gasteiger partial charge in [-0.05, 0) is 30.5 Å². The molecule has 0 saturated carbocycles. The minimum Gasteiger partial charge on any atom is -0.348 e. The second kappa shape index (κ2) is 3.99. The Kier molecular flexibility index (Phi) is 2.85. The van der Waals surface area contributed by atoms with Crippen LogP contribution in [0, 0.1) is 0 Å². The van der Waals surface area contributed by atoms with E-state index in [-0.39, 0.29) is 6.04 Å². The fourth-order valence-electron chi connectivity index (χ4n) is 1.89. The molecule has 1 atom stereocenters. The van der Waals surface area contributed by atoms with Crippen LogP contribution < -0.4 is 5.73 Å². The van der Waals surface area contributed by atoms with Gasteiger partial charge in [0.05, 0.1) is 0 Å². The summed E-state index contributed by atoms with van der Waals surface area (Å²) in [6, 6.07) is 8.75. The van der Waals surface area contributed by atoms with Crippen LogP contribution in [0.3, 0.4) is 0 Å². The number of benzene rings is 1. The van der Waals surface area contributed by atoms with E-state index < -0.39 is 0 Å². The van der Waals surface area contributed by atoms with Crippen LogP contribution in [0.25, 0.3) is 10.9 Å². The van der Waals surface area contributed by atoms with Gasteiger partial charge < -0.3 is 10.3 Å². The number of nitrogens with two attached hydrogens (primary N) is 1. The lowest BCUT2D eigenvalue weighted by atomic mass is 10.2. The molecular formula is C12H15BrN2. The van der Waals surface area contributed by atoms with E-state index in [0.29, 0.717) is 0 Å². The Morgan fingerprint density at radius 3 is 2.80 bits per heavy atom. The molecule has 0 fully saturated rings. The standard InChI is InChI=1S/C12H15BrN2/c1-8(14)5-11-6-9-3-4-10(13)7-12(9)15(11)2/h3-4,6-8H,5,14H2,1-2H3. The van der Waals surface area contributed by atoms with Gasteiger partial charge in [-0.2, -0.15) is 0 Å². The third kappa shape index (κ3) is 2.08. The van der Waals surface area contributed by atoms with E-state index in [2.05, 4.69) is 51.8 Å². The Morgan fingerprint density at radius 2 is 2.13 bits per heavy atom. The highest BCUT2D eigenvalue weighted by Crippen LogP contribution is 2.23. The van der Waals surface area contributed by atoms with Gasteiger partial charge in [0.2, 0.25) is 0 Å². The zero-order valence-electron chi connectivity index (χ0n) is 9.00. The van der Waals surface area contributed by atoms with Crippen LogP contribution >= 0.6 is 15.9 Å². The van der Waals surface area contributed by atoms with Crippen molar-refractivity contribution in [2.24, 2.45) is 12.8 Å². The molecular weight excluding hydrogens is 252 g/mol. The van der Waals surface area contributed by atoms with Crippen LogP contribution in [-0.2, 0) is 13.5 Å². The Bertz CT molecular complexity index is 486. The Balaban J connectivity index is 2.54. The molecule has 2 N–H and O–H groups in total. The summed E-state index contributed by atoms with van der Waals surface area (Å²) in [4.78, 5) is 0. The smallest absolute Gasteiger partial charge is 0.0491 e. The topological polar surface area (TPSA) is 30.9 Å². The predicted octanol–water partition coefficient (Wildman–Crippen LogP) is 2.83. The van der Waals surface area contributed by atoms with Crippen LogP contribution in [0.15, 0.2) is 28.7 Å². The average Bonchev–Trinajstić information content (AvgIpc) is 2.44. The predicted molar refractivity (Wildman–Crippen MR) is 68.0 cm³/mol. The van der Waals surface area contributed by atoms with Crippen molar-refractivity contribution < 1.29 is 0 Å². The first-order chi connectivity index (χ1) is 7.08. The molecule has 0 radical (unpaired) electrons. The van der Waals surface area contributed by atoms with Crippen molar-refractivity contribution in [3.63, 3.8) is 0 Å². The fraction of sp³-hybridized carbons (Fsp3) is 0.333. The molecule has 1 heterocycles. The first-order valence-corrected chi connectivity index (χ1v) is 5.86. The SMILES string of the molecule is CC(N)Cc1cc2ccc(Br)cc2n1C. The summed E-state index contributed by atoms with van der Waals surface area (Å²) < 4.78 is 3.33. The minimum atomic E-state index is 0.205. The van der Waals surface area contributed by atoms with Crippen molar-refractivity contribution in [3.8, 4) is 0 Å². The van der Waals surface area contributed by atoms with Crippen LogP contribution in [0.4, 0.5) is 0 Å². The van der Waals surface area contributed by atoms with Crippen molar-refractivity contribution in [1.82, 2.24) is 4.57 Å². The highest BCUT2D eigenvalue weighted by molar-refractivity contribution is 9.10. The molecule has 0 spiro atoms. The fourth-order valence-corrected chi connectivity index (χ4v) is 2.24. The average molecular weight is 267 g/mol. The molecule has 1 aromatic carbocycles. The van der Waals surface area contributed by atoms with E-state index in [0.717, 1.165) is 10.9 Å². The number of rotatable bonds is 2. The highest BCUT2D eigenvalue weighted by atomic mass is 79.9. The zero-order chi connectivity index (χ0) is 11.0. The van der Waals surface area contributed by atoms with Crippen molar-refractivity contribution in [3.05, 3.63) is 34.4 Å². The van der Waals surface area contributed by atoms with Crippen molar-refractivity contribution in [2.75, 3.05) is 0 Å². The summed E-state index contributed by atoms with van der Waals surface area (Å²) >= 11 is 3.49. The third-order valence-electron chi connectivity index (χ3n) is 2.64. The number of nitrogens with zero attached hydrogens (tertiary/aromatic N) is 1. The van der Waals surface area contributed by atoms with E-state index >= 15 is 0 Å². The second-order valence-corrected chi connectivity index (χ2v) is 4.99. The van der Waals surface area contributed by atoms with Gasteiger partial charge in [0.1, 0.15) is 0 Å². The normalized spacial score (nSPS) is 13.3. The Morgan fingerprint density at radius 1 is 1.40 bits per heavy atom. The molecule has 1 aromatic heterocycles. The first-order valence-electron chi connectivity index (χ1n) is 5.07. The molecule has 0 aliphatic carbocycles. The Labute approximate surface area is 98.2 Å². The van der Waals surface area contributed by atoms with Crippen LogP contribution in [0.1, 0.15) is 12.6 Å². The van der Waals surface area contributed by atoms with E-state index in [9.17, 15) is 0 Å². The van der Waals surface area contributed by atoms with E-state index in [4.69, 9.17) is 5.73 Å². The largest absolute Gasteiger partial charge is 0.348 e. The summed E-state index contributed by atoms with van der Waals surface area (Å²) in [6.45, 7) is 2.04. The lowest BCUT2D eigenvalue weighted by molar-refractivity contribution is 0.696. The first kappa shape index (κ1) is 10.7. The Hall–Kier alpha value is -0.800. The molecule has 3 heteroatoms. The molecule has 0 bridgehead atoms. The van der Waals surface area contributed by atoms with Gasteiger partial charge >= 0.3 is 0 Å². The summed E-state index contributed by atoms with van der Waals surface area (Å²) in [5.41, 5.74) is 8.36. The maximum Gasteiger partial charge on any atom is 0.0491 e. The molecule has 80 valence electrons. The number of fused-ring (bicyclic) bond motifs is 1. The molecule has 2 aromatic rings. The third-order valence-corrected chi connectivity index (χ3v) is 3.13. The van der Waals surface area contributed by atoms with Crippen LogP contribution in [0.5, 0.6) is 0 Å². The van der Waals surface area contributed by atoms with Gasteiger partial charge in [0.15, 0.2) is 0 Å². The molecule has 0 aliphatic heterocycles. The number of aryl methyl sites for hydroxylation is 1. The monoisotopic (exact) mass is 266 g/mol.